The number of aromatic nitrogens is 2. The highest BCUT2D eigenvalue weighted by Gasteiger charge is 2.02. The van der Waals surface area contributed by atoms with Gasteiger partial charge in [0.2, 0.25) is 0 Å². The molecule has 0 unspecified atom stereocenters. The van der Waals surface area contributed by atoms with Crippen LogP contribution in [-0.2, 0) is 13.0 Å². The molecule has 3 aromatic rings. The van der Waals surface area contributed by atoms with Crippen LogP contribution >= 0.6 is 0 Å². The van der Waals surface area contributed by atoms with Gasteiger partial charge in [-0.25, -0.2) is 4.98 Å². The molecule has 0 spiro atoms. The zero-order valence-corrected chi connectivity index (χ0v) is 11.9. The van der Waals surface area contributed by atoms with E-state index >= 15 is 0 Å². The van der Waals surface area contributed by atoms with Crippen LogP contribution in [0.5, 0.6) is 0 Å². The van der Waals surface area contributed by atoms with Crippen molar-refractivity contribution in [3.8, 4) is 0 Å². The lowest BCUT2D eigenvalue weighted by Gasteiger charge is -2.05. The first kappa shape index (κ1) is 12.9. The van der Waals surface area contributed by atoms with E-state index in [9.17, 15) is 0 Å². The van der Waals surface area contributed by atoms with E-state index in [1.54, 1.807) is 0 Å². The predicted octanol–water partition coefficient (Wildman–Crippen LogP) is 3.18. The second-order valence-corrected chi connectivity index (χ2v) is 5.20. The van der Waals surface area contributed by atoms with Crippen LogP contribution in [0.1, 0.15) is 22.5 Å². The van der Waals surface area contributed by atoms with Crippen LogP contribution in [0.25, 0.3) is 11.0 Å². The number of benzene rings is 2. The number of aryl methyl sites for hydroxylation is 1. The lowest BCUT2D eigenvalue weighted by molar-refractivity contribution is 0.816. The quantitative estimate of drug-likeness (QED) is 0.760. The van der Waals surface area contributed by atoms with Crippen molar-refractivity contribution >= 4 is 11.0 Å². The molecule has 0 saturated heterocycles. The van der Waals surface area contributed by atoms with E-state index in [1.807, 2.05) is 14.0 Å². The summed E-state index contributed by atoms with van der Waals surface area (Å²) in [6, 6.07) is 15.2. The molecule has 3 rings (SSSR count). The number of imidazole rings is 1. The minimum absolute atomic E-state index is 0.909. The topological polar surface area (TPSA) is 40.7 Å². The Kier molecular flexibility index (Phi) is 3.52. The van der Waals surface area contributed by atoms with Crippen LogP contribution in [0.2, 0.25) is 0 Å². The van der Waals surface area contributed by atoms with E-state index in [0.29, 0.717) is 0 Å². The molecule has 0 aliphatic heterocycles. The Morgan fingerprint density at radius 1 is 1.05 bits per heavy atom. The van der Waals surface area contributed by atoms with E-state index in [2.05, 4.69) is 57.7 Å². The standard InChI is InChI=1S/C17H19N3/c1-12-19-16-7-6-14(10-17(16)20-12)8-13-4-3-5-15(9-13)11-18-2/h3-7,9-10,18H,8,11H2,1-2H3,(H,19,20). The average Bonchev–Trinajstić information content (AvgIpc) is 2.79. The van der Waals surface area contributed by atoms with Crippen LogP contribution in [-0.4, -0.2) is 17.0 Å². The summed E-state index contributed by atoms with van der Waals surface area (Å²) in [5.41, 5.74) is 6.13. The first-order valence-electron chi connectivity index (χ1n) is 6.92. The van der Waals surface area contributed by atoms with Crippen LogP contribution in [0, 0.1) is 6.92 Å². The molecule has 3 nitrogen and oxygen atoms in total. The van der Waals surface area contributed by atoms with Crippen LogP contribution in [0.4, 0.5) is 0 Å². The van der Waals surface area contributed by atoms with Crippen molar-refractivity contribution in [2.24, 2.45) is 0 Å². The fourth-order valence-electron chi connectivity index (χ4n) is 2.58. The summed E-state index contributed by atoms with van der Waals surface area (Å²) in [5, 5.41) is 3.19. The minimum Gasteiger partial charge on any atom is -0.342 e. The molecule has 1 heterocycles. The Labute approximate surface area is 119 Å². The fourth-order valence-corrected chi connectivity index (χ4v) is 2.58. The number of H-pyrrole nitrogens is 1. The Hall–Kier alpha value is -2.13. The Balaban J connectivity index is 1.86. The Morgan fingerprint density at radius 3 is 2.70 bits per heavy atom. The van der Waals surface area contributed by atoms with Crippen LogP contribution in [0.15, 0.2) is 42.5 Å². The highest BCUT2D eigenvalue weighted by atomic mass is 14.9. The van der Waals surface area contributed by atoms with Crippen molar-refractivity contribution in [3.63, 3.8) is 0 Å². The molecule has 20 heavy (non-hydrogen) atoms. The second-order valence-electron chi connectivity index (χ2n) is 5.20. The van der Waals surface area contributed by atoms with Gasteiger partial charge >= 0.3 is 0 Å². The van der Waals surface area contributed by atoms with Crippen molar-refractivity contribution in [2.75, 3.05) is 7.05 Å². The molecule has 0 bridgehead atoms. The molecular formula is C17H19N3. The van der Waals surface area contributed by atoms with Gasteiger partial charge in [0.05, 0.1) is 11.0 Å². The molecule has 2 aromatic carbocycles. The van der Waals surface area contributed by atoms with Gasteiger partial charge in [-0.3, -0.25) is 0 Å². The average molecular weight is 265 g/mol. The van der Waals surface area contributed by atoms with E-state index in [-0.39, 0.29) is 0 Å². The molecule has 0 fully saturated rings. The zero-order chi connectivity index (χ0) is 13.9. The van der Waals surface area contributed by atoms with Gasteiger partial charge in [0.1, 0.15) is 5.82 Å². The zero-order valence-electron chi connectivity index (χ0n) is 11.9. The second kappa shape index (κ2) is 5.47. The lowest BCUT2D eigenvalue weighted by Crippen LogP contribution is -2.05. The molecule has 102 valence electrons. The van der Waals surface area contributed by atoms with E-state index in [0.717, 1.165) is 29.8 Å². The molecule has 1 aromatic heterocycles. The monoisotopic (exact) mass is 265 g/mol. The minimum atomic E-state index is 0.909. The third-order valence-corrected chi connectivity index (χ3v) is 3.45. The van der Waals surface area contributed by atoms with Gasteiger partial charge in [-0.15, -0.1) is 0 Å². The normalized spacial score (nSPS) is 11.1. The third kappa shape index (κ3) is 2.73. The summed E-state index contributed by atoms with van der Waals surface area (Å²) in [5.74, 6) is 0.966. The fraction of sp³-hybridized carbons (Fsp3) is 0.235. The van der Waals surface area contributed by atoms with E-state index < -0.39 is 0 Å². The number of rotatable bonds is 4. The van der Waals surface area contributed by atoms with Crippen molar-refractivity contribution in [3.05, 3.63) is 65.0 Å². The summed E-state index contributed by atoms with van der Waals surface area (Å²) in [7, 11) is 1.97. The summed E-state index contributed by atoms with van der Waals surface area (Å²) >= 11 is 0. The van der Waals surface area contributed by atoms with Gasteiger partial charge in [-0.05, 0) is 49.2 Å². The largest absolute Gasteiger partial charge is 0.342 e. The Morgan fingerprint density at radius 2 is 1.85 bits per heavy atom. The van der Waals surface area contributed by atoms with Crippen molar-refractivity contribution in [2.45, 2.75) is 19.9 Å². The molecule has 0 atom stereocenters. The number of aromatic amines is 1. The van der Waals surface area contributed by atoms with Crippen LogP contribution < -0.4 is 5.32 Å². The lowest BCUT2D eigenvalue weighted by atomic mass is 10.0. The number of nitrogens with one attached hydrogen (secondary N) is 2. The van der Waals surface area contributed by atoms with Gasteiger partial charge in [0, 0.05) is 6.54 Å². The molecule has 0 radical (unpaired) electrons. The van der Waals surface area contributed by atoms with Gasteiger partial charge in [-0.2, -0.15) is 0 Å². The van der Waals surface area contributed by atoms with Gasteiger partial charge in [0.25, 0.3) is 0 Å². The first-order chi connectivity index (χ1) is 9.74. The molecule has 0 amide bonds. The molecule has 0 saturated carbocycles. The van der Waals surface area contributed by atoms with Crippen molar-refractivity contribution in [1.29, 1.82) is 0 Å². The maximum Gasteiger partial charge on any atom is 0.104 e. The predicted molar refractivity (Wildman–Crippen MR) is 82.8 cm³/mol. The SMILES string of the molecule is CNCc1cccc(Cc2ccc3nc(C)[nH]c3c2)c1. The van der Waals surface area contributed by atoms with Crippen molar-refractivity contribution < 1.29 is 0 Å². The molecule has 0 aliphatic rings. The number of hydrogen-bond acceptors (Lipinski definition) is 2. The molecular weight excluding hydrogens is 246 g/mol. The first-order valence-corrected chi connectivity index (χ1v) is 6.92. The highest BCUT2D eigenvalue weighted by molar-refractivity contribution is 5.75. The Bertz CT molecular complexity index is 728. The van der Waals surface area contributed by atoms with Gasteiger partial charge in [0.15, 0.2) is 0 Å². The molecule has 0 aliphatic carbocycles. The summed E-state index contributed by atoms with van der Waals surface area (Å²) in [6.45, 7) is 2.90. The summed E-state index contributed by atoms with van der Waals surface area (Å²) in [6.07, 6.45) is 0.950. The van der Waals surface area contributed by atoms with Crippen LogP contribution in [0.3, 0.4) is 0 Å². The maximum atomic E-state index is 4.44. The summed E-state index contributed by atoms with van der Waals surface area (Å²) < 4.78 is 0. The maximum absolute atomic E-state index is 4.44. The number of hydrogen-bond donors (Lipinski definition) is 2. The summed E-state index contributed by atoms with van der Waals surface area (Å²) in [4.78, 5) is 7.73. The molecule has 2 N–H and O–H groups in total. The third-order valence-electron chi connectivity index (χ3n) is 3.45. The van der Waals surface area contributed by atoms with E-state index in [4.69, 9.17) is 0 Å². The van der Waals surface area contributed by atoms with Crippen molar-refractivity contribution in [1.82, 2.24) is 15.3 Å². The van der Waals surface area contributed by atoms with Gasteiger partial charge < -0.3 is 10.3 Å². The van der Waals surface area contributed by atoms with Gasteiger partial charge in [-0.1, -0.05) is 30.3 Å². The molecule has 3 heteroatoms. The smallest absolute Gasteiger partial charge is 0.104 e. The highest BCUT2D eigenvalue weighted by Crippen LogP contribution is 2.17. The number of fused-ring (bicyclic) bond motifs is 1. The number of nitrogens with zero attached hydrogens (tertiary/aromatic N) is 1. The van der Waals surface area contributed by atoms with E-state index in [1.165, 1.54) is 16.7 Å².